The van der Waals surface area contributed by atoms with Crippen molar-refractivity contribution >= 4 is 12.3 Å². The second-order valence-electron chi connectivity index (χ2n) is 2.57. The Morgan fingerprint density at radius 1 is 1.58 bits per heavy atom. The summed E-state index contributed by atoms with van der Waals surface area (Å²) in [6.07, 6.45) is 0.746. The zero-order chi connectivity index (χ0) is 9.56. The molecule has 12 heavy (non-hydrogen) atoms. The molecule has 4 nitrogen and oxygen atoms in total. The van der Waals surface area contributed by atoms with Gasteiger partial charge < -0.3 is 9.53 Å². The monoisotopic (exact) mass is 173 g/mol. The van der Waals surface area contributed by atoms with E-state index in [0.29, 0.717) is 6.61 Å². The summed E-state index contributed by atoms with van der Waals surface area (Å²) in [5.74, 6) is -0.328. The van der Waals surface area contributed by atoms with Crippen molar-refractivity contribution in [1.82, 2.24) is 5.32 Å². The average molecular weight is 173 g/mol. The number of aldehydes is 1. The molecular weight excluding hydrogens is 158 g/mol. The molecule has 0 bridgehead atoms. The Bertz CT molecular complexity index is 158. The van der Waals surface area contributed by atoms with Crippen molar-refractivity contribution in [1.29, 1.82) is 0 Å². The quantitative estimate of drug-likeness (QED) is 0.473. The zero-order valence-electron chi connectivity index (χ0n) is 7.66. The predicted molar refractivity (Wildman–Crippen MR) is 44.8 cm³/mol. The highest BCUT2D eigenvalue weighted by atomic mass is 16.5. The third kappa shape index (κ3) is 4.08. The lowest BCUT2D eigenvalue weighted by Gasteiger charge is -2.13. The highest BCUT2D eigenvalue weighted by Crippen LogP contribution is 1.89. The normalized spacial score (nSPS) is 14.9. The standard InChI is InChI=1S/C8H15NO3/c1-4-12-8(11)7(3)9-6(2)5-10/h5-7,9H,4H2,1-3H3/t6-,7-/m0/s1. The SMILES string of the molecule is CCOC(=O)[C@H](C)N[C@@H](C)C=O. The van der Waals surface area contributed by atoms with Crippen LogP contribution in [0.25, 0.3) is 0 Å². The summed E-state index contributed by atoms with van der Waals surface area (Å²) in [5.41, 5.74) is 0. The van der Waals surface area contributed by atoms with Gasteiger partial charge in [0.15, 0.2) is 0 Å². The maximum absolute atomic E-state index is 11.0. The molecule has 2 atom stereocenters. The molecule has 0 aliphatic heterocycles. The van der Waals surface area contributed by atoms with Crippen LogP contribution in [0.15, 0.2) is 0 Å². The fourth-order valence-electron chi connectivity index (χ4n) is 0.769. The largest absolute Gasteiger partial charge is 0.465 e. The maximum Gasteiger partial charge on any atom is 0.322 e. The lowest BCUT2D eigenvalue weighted by Crippen LogP contribution is -2.41. The number of ether oxygens (including phenoxy) is 1. The van der Waals surface area contributed by atoms with Gasteiger partial charge in [0.25, 0.3) is 0 Å². The van der Waals surface area contributed by atoms with Crippen LogP contribution in [0, 0.1) is 0 Å². The minimum Gasteiger partial charge on any atom is -0.465 e. The Morgan fingerprint density at radius 2 is 2.17 bits per heavy atom. The van der Waals surface area contributed by atoms with E-state index in [2.05, 4.69) is 5.32 Å². The van der Waals surface area contributed by atoms with Crippen molar-refractivity contribution in [2.45, 2.75) is 32.9 Å². The Kier molecular flexibility index (Phi) is 5.28. The molecule has 70 valence electrons. The Labute approximate surface area is 72.3 Å². The number of hydrogen-bond acceptors (Lipinski definition) is 4. The van der Waals surface area contributed by atoms with Crippen molar-refractivity contribution in [2.75, 3.05) is 6.61 Å². The van der Waals surface area contributed by atoms with Crippen LogP contribution in [0.1, 0.15) is 20.8 Å². The van der Waals surface area contributed by atoms with Crippen molar-refractivity contribution in [2.24, 2.45) is 0 Å². The van der Waals surface area contributed by atoms with Gasteiger partial charge in [-0.3, -0.25) is 10.1 Å². The van der Waals surface area contributed by atoms with Crippen molar-refractivity contribution in [3.8, 4) is 0 Å². The fraction of sp³-hybridized carbons (Fsp3) is 0.750. The first-order chi connectivity index (χ1) is 5.61. The van der Waals surface area contributed by atoms with E-state index < -0.39 is 6.04 Å². The summed E-state index contributed by atoms with van der Waals surface area (Å²) in [4.78, 5) is 21.2. The first kappa shape index (κ1) is 11.1. The Hall–Kier alpha value is -0.900. The van der Waals surface area contributed by atoms with Gasteiger partial charge in [0.05, 0.1) is 12.6 Å². The van der Waals surface area contributed by atoms with Gasteiger partial charge in [0.2, 0.25) is 0 Å². The van der Waals surface area contributed by atoms with Gasteiger partial charge in [0.1, 0.15) is 12.3 Å². The Balaban J connectivity index is 3.77. The number of nitrogens with one attached hydrogen (secondary N) is 1. The van der Waals surface area contributed by atoms with E-state index in [4.69, 9.17) is 4.74 Å². The van der Waals surface area contributed by atoms with Crippen molar-refractivity contribution in [3.63, 3.8) is 0 Å². The van der Waals surface area contributed by atoms with Crippen molar-refractivity contribution < 1.29 is 14.3 Å². The molecule has 0 heterocycles. The molecule has 0 aliphatic carbocycles. The smallest absolute Gasteiger partial charge is 0.322 e. The van der Waals surface area contributed by atoms with Crippen LogP contribution < -0.4 is 5.32 Å². The molecule has 0 unspecified atom stereocenters. The van der Waals surface area contributed by atoms with Gasteiger partial charge >= 0.3 is 5.97 Å². The fourth-order valence-corrected chi connectivity index (χ4v) is 0.769. The molecule has 0 aromatic heterocycles. The predicted octanol–water partition coefficient (Wildman–Crippen LogP) is 0.115. The van der Waals surface area contributed by atoms with Crippen LogP contribution >= 0.6 is 0 Å². The zero-order valence-corrected chi connectivity index (χ0v) is 7.66. The molecule has 0 radical (unpaired) electrons. The molecule has 0 aliphatic rings. The summed E-state index contributed by atoms with van der Waals surface area (Å²) in [5, 5.41) is 2.77. The Morgan fingerprint density at radius 3 is 2.58 bits per heavy atom. The lowest BCUT2D eigenvalue weighted by molar-refractivity contribution is -0.145. The van der Waals surface area contributed by atoms with E-state index in [1.54, 1.807) is 20.8 Å². The summed E-state index contributed by atoms with van der Waals surface area (Å²) >= 11 is 0. The summed E-state index contributed by atoms with van der Waals surface area (Å²) in [6.45, 7) is 5.45. The van der Waals surface area contributed by atoms with Crippen LogP contribution in [0.2, 0.25) is 0 Å². The van der Waals surface area contributed by atoms with E-state index >= 15 is 0 Å². The van der Waals surface area contributed by atoms with Gasteiger partial charge in [-0.15, -0.1) is 0 Å². The molecule has 1 N–H and O–H groups in total. The topological polar surface area (TPSA) is 55.4 Å². The number of rotatable bonds is 5. The third-order valence-electron chi connectivity index (χ3n) is 1.36. The van der Waals surface area contributed by atoms with E-state index in [1.165, 1.54) is 0 Å². The van der Waals surface area contributed by atoms with Gasteiger partial charge in [-0.25, -0.2) is 0 Å². The first-order valence-electron chi connectivity index (χ1n) is 3.99. The summed E-state index contributed by atoms with van der Waals surface area (Å²) < 4.78 is 4.73. The second kappa shape index (κ2) is 5.71. The molecule has 0 spiro atoms. The molecular formula is C8H15NO3. The van der Waals surface area contributed by atoms with E-state index in [1.807, 2.05) is 0 Å². The molecule has 0 amide bonds. The number of carbonyl (C=O) groups is 2. The summed E-state index contributed by atoms with van der Waals surface area (Å²) in [7, 11) is 0. The van der Waals surface area contributed by atoms with Crippen LogP contribution in [0.3, 0.4) is 0 Å². The minimum atomic E-state index is -0.426. The van der Waals surface area contributed by atoms with Crippen LogP contribution in [-0.2, 0) is 14.3 Å². The molecule has 0 aromatic rings. The van der Waals surface area contributed by atoms with E-state index in [9.17, 15) is 9.59 Å². The van der Waals surface area contributed by atoms with Gasteiger partial charge in [0, 0.05) is 0 Å². The molecule has 0 saturated heterocycles. The van der Waals surface area contributed by atoms with E-state index in [-0.39, 0.29) is 12.0 Å². The highest BCUT2D eigenvalue weighted by Gasteiger charge is 2.15. The van der Waals surface area contributed by atoms with Gasteiger partial charge in [-0.1, -0.05) is 0 Å². The number of hydrogen-bond donors (Lipinski definition) is 1. The summed E-state index contributed by atoms with van der Waals surface area (Å²) in [6, 6.07) is -0.741. The van der Waals surface area contributed by atoms with E-state index in [0.717, 1.165) is 6.29 Å². The molecule has 0 aromatic carbocycles. The average Bonchev–Trinajstić information content (AvgIpc) is 2.04. The maximum atomic E-state index is 11.0. The number of esters is 1. The van der Waals surface area contributed by atoms with Crippen LogP contribution in [-0.4, -0.2) is 30.9 Å². The lowest BCUT2D eigenvalue weighted by atomic mass is 10.3. The van der Waals surface area contributed by atoms with Gasteiger partial charge in [-0.05, 0) is 20.8 Å². The van der Waals surface area contributed by atoms with Gasteiger partial charge in [-0.2, -0.15) is 0 Å². The molecule has 0 rings (SSSR count). The third-order valence-corrected chi connectivity index (χ3v) is 1.36. The minimum absolute atomic E-state index is 0.315. The second-order valence-corrected chi connectivity index (χ2v) is 2.57. The van der Waals surface area contributed by atoms with Crippen molar-refractivity contribution in [3.05, 3.63) is 0 Å². The molecule has 4 heteroatoms. The van der Waals surface area contributed by atoms with Crippen LogP contribution in [0.5, 0.6) is 0 Å². The molecule has 0 saturated carbocycles. The highest BCUT2D eigenvalue weighted by molar-refractivity contribution is 5.75. The first-order valence-corrected chi connectivity index (χ1v) is 3.99. The number of carbonyl (C=O) groups excluding carboxylic acids is 2. The van der Waals surface area contributed by atoms with Crippen LogP contribution in [0.4, 0.5) is 0 Å². The molecule has 0 fully saturated rings.